The summed E-state index contributed by atoms with van der Waals surface area (Å²) in [6.45, 7) is 3.99. The van der Waals surface area contributed by atoms with Gasteiger partial charge in [0.25, 0.3) is 0 Å². The summed E-state index contributed by atoms with van der Waals surface area (Å²) < 4.78 is 1.01. The molecule has 3 rings (SSSR count). The van der Waals surface area contributed by atoms with Crippen molar-refractivity contribution >= 4 is 50.8 Å². The van der Waals surface area contributed by atoms with E-state index < -0.39 is 0 Å². The Hall–Kier alpha value is -2.69. The molecule has 0 saturated carbocycles. The van der Waals surface area contributed by atoms with Crippen molar-refractivity contribution < 1.29 is 0 Å². The van der Waals surface area contributed by atoms with Crippen LogP contribution in [0.15, 0.2) is 40.9 Å². The van der Waals surface area contributed by atoms with Crippen molar-refractivity contribution in [2.45, 2.75) is 13.8 Å². The van der Waals surface area contributed by atoms with Crippen LogP contribution in [-0.2, 0) is 0 Å². The van der Waals surface area contributed by atoms with Gasteiger partial charge in [-0.2, -0.15) is 20.2 Å². The van der Waals surface area contributed by atoms with Crippen LogP contribution < -0.4 is 10.6 Å². The number of aryl methyl sites for hydroxylation is 2. The van der Waals surface area contributed by atoms with Gasteiger partial charge in [-0.1, -0.05) is 22.0 Å². The third-order valence-corrected chi connectivity index (χ3v) is 4.22. The van der Waals surface area contributed by atoms with Gasteiger partial charge < -0.3 is 10.6 Å². The molecule has 0 radical (unpaired) electrons. The summed E-state index contributed by atoms with van der Waals surface area (Å²) in [5.41, 5.74) is 4.23. The van der Waals surface area contributed by atoms with E-state index in [1.54, 1.807) is 18.2 Å². The second kappa shape index (κ2) is 7.68. The van der Waals surface area contributed by atoms with Crippen LogP contribution in [0.5, 0.6) is 0 Å². The first kappa shape index (κ1) is 18.1. The molecule has 6 nitrogen and oxygen atoms in total. The predicted octanol–water partition coefficient (Wildman–Crippen LogP) is 5.26. The highest BCUT2D eigenvalue weighted by molar-refractivity contribution is 9.10. The lowest BCUT2D eigenvalue weighted by Gasteiger charge is -2.13. The van der Waals surface area contributed by atoms with Crippen molar-refractivity contribution in [2.75, 3.05) is 10.6 Å². The molecule has 2 N–H and O–H groups in total. The molecule has 1 heterocycles. The zero-order chi connectivity index (χ0) is 18.7. The third kappa shape index (κ3) is 4.28. The Labute approximate surface area is 164 Å². The first-order chi connectivity index (χ1) is 12.4. The molecule has 0 aliphatic carbocycles. The Morgan fingerprint density at radius 3 is 2.31 bits per heavy atom. The average Bonchev–Trinajstić information content (AvgIpc) is 2.58. The molecule has 3 aromatic rings. The van der Waals surface area contributed by atoms with Gasteiger partial charge >= 0.3 is 0 Å². The van der Waals surface area contributed by atoms with Gasteiger partial charge in [-0.15, -0.1) is 0 Å². The second-order valence-corrected chi connectivity index (χ2v) is 6.86. The number of rotatable bonds is 4. The van der Waals surface area contributed by atoms with E-state index in [0.717, 1.165) is 21.3 Å². The van der Waals surface area contributed by atoms with Crippen LogP contribution in [0, 0.1) is 25.2 Å². The van der Waals surface area contributed by atoms with Crippen LogP contribution in [0.1, 0.15) is 16.7 Å². The van der Waals surface area contributed by atoms with Crippen LogP contribution in [-0.4, -0.2) is 15.0 Å². The number of nitrogens with one attached hydrogen (secondary N) is 2. The predicted molar refractivity (Wildman–Crippen MR) is 106 cm³/mol. The van der Waals surface area contributed by atoms with Crippen molar-refractivity contribution in [2.24, 2.45) is 0 Å². The monoisotopic (exact) mass is 428 g/mol. The van der Waals surface area contributed by atoms with Gasteiger partial charge in [0.1, 0.15) is 0 Å². The fourth-order valence-corrected chi connectivity index (χ4v) is 3.32. The molecule has 0 fully saturated rings. The van der Waals surface area contributed by atoms with Crippen LogP contribution in [0.2, 0.25) is 5.28 Å². The summed E-state index contributed by atoms with van der Waals surface area (Å²) in [5.74, 6) is 0.618. The number of hydrogen-bond acceptors (Lipinski definition) is 6. The minimum atomic E-state index is 0.0638. The largest absolute Gasteiger partial charge is 0.324 e. The first-order valence-electron chi connectivity index (χ1n) is 7.67. The van der Waals surface area contributed by atoms with E-state index in [1.165, 1.54) is 0 Å². The van der Waals surface area contributed by atoms with Crippen LogP contribution in [0.4, 0.5) is 23.3 Å². The molecule has 0 saturated heterocycles. The van der Waals surface area contributed by atoms with E-state index in [2.05, 4.69) is 47.6 Å². The molecule has 130 valence electrons. The molecular weight excluding hydrogens is 416 g/mol. The molecule has 0 unspecified atom stereocenters. The Morgan fingerprint density at radius 2 is 1.65 bits per heavy atom. The Bertz CT molecular complexity index is 992. The Kier molecular flexibility index (Phi) is 5.35. The topological polar surface area (TPSA) is 86.5 Å². The van der Waals surface area contributed by atoms with Crippen molar-refractivity contribution in [3.8, 4) is 6.07 Å². The molecule has 0 aliphatic rings. The van der Waals surface area contributed by atoms with Crippen LogP contribution in [0.3, 0.4) is 0 Å². The summed E-state index contributed by atoms with van der Waals surface area (Å²) in [7, 11) is 0. The fourth-order valence-electron chi connectivity index (χ4n) is 2.48. The van der Waals surface area contributed by atoms with Crippen molar-refractivity contribution in [1.29, 1.82) is 5.26 Å². The summed E-state index contributed by atoms with van der Waals surface area (Å²) in [5, 5.41) is 15.3. The van der Waals surface area contributed by atoms with Crippen molar-refractivity contribution in [3.63, 3.8) is 0 Å². The van der Waals surface area contributed by atoms with E-state index in [1.807, 2.05) is 32.0 Å². The number of halogens is 2. The number of hydrogen-bond donors (Lipinski definition) is 2. The number of aromatic nitrogens is 3. The highest BCUT2D eigenvalue weighted by Gasteiger charge is 2.10. The molecule has 0 atom stereocenters. The molecule has 0 bridgehead atoms. The first-order valence-corrected chi connectivity index (χ1v) is 8.84. The maximum atomic E-state index is 9.00. The molecule has 1 aromatic heterocycles. The molecular formula is C18H14BrClN6. The van der Waals surface area contributed by atoms with E-state index in [0.29, 0.717) is 17.2 Å². The quantitative estimate of drug-likeness (QED) is 0.588. The van der Waals surface area contributed by atoms with Gasteiger partial charge in [0.2, 0.25) is 17.2 Å². The van der Waals surface area contributed by atoms with E-state index >= 15 is 0 Å². The SMILES string of the molecule is Cc1cc(Br)cc(C)c1Nc1nc(Cl)nc(Nc2cccc(C#N)c2)n1. The maximum absolute atomic E-state index is 9.00. The third-order valence-electron chi connectivity index (χ3n) is 3.59. The van der Waals surface area contributed by atoms with Crippen LogP contribution in [0.25, 0.3) is 0 Å². The normalized spacial score (nSPS) is 10.3. The second-order valence-electron chi connectivity index (χ2n) is 5.61. The molecule has 0 amide bonds. The summed E-state index contributed by atoms with van der Waals surface area (Å²) >= 11 is 9.53. The van der Waals surface area contributed by atoms with E-state index in [4.69, 9.17) is 16.9 Å². The highest BCUT2D eigenvalue weighted by atomic mass is 79.9. The maximum Gasteiger partial charge on any atom is 0.233 e. The summed E-state index contributed by atoms with van der Waals surface area (Å²) in [6.07, 6.45) is 0. The Morgan fingerprint density at radius 1 is 1.00 bits per heavy atom. The summed E-state index contributed by atoms with van der Waals surface area (Å²) in [6, 6.07) is 13.1. The van der Waals surface area contributed by atoms with Gasteiger partial charge in [0, 0.05) is 15.8 Å². The van der Waals surface area contributed by atoms with Gasteiger partial charge in [0.05, 0.1) is 11.6 Å². The standard InChI is InChI=1S/C18H14BrClN6/c1-10-6-13(19)7-11(2)15(10)23-18-25-16(20)24-17(26-18)22-14-5-3-4-12(8-14)9-21/h3-8H,1-2H3,(H2,22,23,24,25,26). The minimum absolute atomic E-state index is 0.0638. The van der Waals surface area contributed by atoms with Gasteiger partial charge in [0.15, 0.2) is 0 Å². The zero-order valence-corrected chi connectivity index (χ0v) is 16.4. The van der Waals surface area contributed by atoms with E-state index in [-0.39, 0.29) is 11.2 Å². The molecule has 0 aliphatic heterocycles. The van der Waals surface area contributed by atoms with E-state index in [9.17, 15) is 0 Å². The molecule has 8 heteroatoms. The molecule has 26 heavy (non-hydrogen) atoms. The zero-order valence-electron chi connectivity index (χ0n) is 14.0. The van der Waals surface area contributed by atoms with Crippen LogP contribution >= 0.6 is 27.5 Å². The van der Waals surface area contributed by atoms with Gasteiger partial charge in [-0.3, -0.25) is 0 Å². The lowest BCUT2D eigenvalue weighted by atomic mass is 10.1. The number of anilines is 4. The van der Waals surface area contributed by atoms with Gasteiger partial charge in [-0.25, -0.2) is 0 Å². The van der Waals surface area contributed by atoms with Crippen molar-refractivity contribution in [1.82, 2.24) is 15.0 Å². The number of benzene rings is 2. The fraction of sp³-hybridized carbons (Fsp3) is 0.111. The number of nitrogens with zero attached hydrogens (tertiary/aromatic N) is 4. The minimum Gasteiger partial charge on any atom is -0.324 e. The average molecular weight is 430 g/mol. The highest BCUT2D eigenvalue weighted by Crippen LogP contribution is 2.27. The van der Waals surface area contributed by atoms with Crippen molar-refractivity contribution in [3.05, 3.63) is 62.8 Å². The lowest BCUT2D eigenvalue weighted by Crippen LogP contribution is -2.05. The molecule has 2 aromatic carbocycles. The molecule has 0 spiro atoms. The Balaban J connectivity index is 1.90. The lowest BCUT2D eigenvalue weighted by molar-refractivity contribution is 1.06. The summed E-state index contributed by atoms with van der Waals surface area (Å²) in [4.78, 5) is 12.6. The smallest absolute Gasteiger partial charge is 0.233 e. The van der Waals surface area contributed by atoms with Gasteiger partial charge in [-0.05, 0) is 66.9 Å². The number of nitriles is 1.